The van der Waals surface area contributed by atoms with E-state index in [1.165, 1.54) is 0 Å². The number of rotatable bonds is 6. The van der Waals surface area contributed by atoms with Gasteiger partial charge in [-0.2, -0.15) is 0 Å². The smallest absolute Gasteiger partial charge is 0.123 e. The fourth-order valence-corrected chi connectivity index (χ4v) is 4.67. The molecule has 0 aliphatic rings. The van der Waals surface area contributed by atoms with E-state index in [4.69, 9.17) is 16.3 Å². The highest BCUT2D eigenvalue weighted by Crippen LogP contribution is 2.38. The number of ether oxygens (including phenoxy) is 1. The zero-order chi connectivity index (χ0) is 23.5. The first-order valence-corrected chi connectivity index (χ1v) is 12.0. The van der Waals surface area contributed by atoms with Gasteiger partial charge in [0.15, 0.2) is 0 Å². The molecule has 0 aliphatic heterocycles. The molecule has 0 unspecified atom stereocenters. The molecule has 34 heavy (non-hydrogen) atoms. The Balaban J connectivity index is 1.59. The topological polar surface area (TPSA) is 47.0 Å². The minimum absolute atomic E-state index is 0.585. The molecule has 1 aromatic heterocycles. The van der Waals surface area contributed by atoms with Gasteiger partial charge in [-0.1, -0.05) is 82.1 Å². The van der Waals surface area contributed by atoms with E-state index in [0.29, 0.717) is 17.1 Å². The number of nitrogens with one attached hydrogen (secondary N) is 1. The Kier molecular flexibility index (Phi) is 6.48. The van der Waals surface area contributed by atoms with E-state index in [1.54, 1.807) is 7.11 Å². The van der Waals surface area contributed by atoms with Crippen molar-refractivity contribution in [2.45, 2.75) is 6.54 Å². The maximum atomic E-state index is 6.47. The second-order valence-corrected chi connectivity index (χ2v) is 9.14. The van der Waals surface area contributed by atoms with E-state index in [9.17, 15) is 0 Å². The van der Waals surface area contributed by atoms with E-state index in [2.05, 4.69) is 55.7 Å². The number of hydrogen-bond acceptors (Lipinski definition) is 4. The number of hydrogen-bond donors (Lipinski definition) is 1. The third-order valence-electron chi connectivity index (χ3n) is 5.67. The molecule has 0 atom stereocenters. The first kappa shape index (κ1) is 22.4. The van der Waals surface area contributed by atoms with Crippen molar-refractivity contribution in [3.05, 3.63) is 106 Å². The molecule has 168 valence electrons. The summed E-state index contributed by atoms with van der Waals surface area (Å²) in [5.41, 5.74) is 6.61. The van der Waals surface area contributed by atoms with Crippen LogP contribution in [0.25, 0.3) is 33.3 Å². The molecule has 5 aromatic rings. The van der Waals surface area contributed by atoms with Crippen LogP contribution in [-0.4, -0.2) is 17.3 Å². The van der Waals surface area contributed by atoms with Crippen molar-refractivity contribution in [1.29, 1.82) is 0 Å². The molecule has 0 amide bonds. The normalized spacial score (nSPS) is 10.9. The summed E-state index contributed by atoms with van der Waals surface area (Å²) < 4.78 is 6.53. The van der Waals surface area contributed by atoms with Crippen LogP contribution in [0.3, 0.4) is 0 Å². The number of anilines is 1. The molecular formula is C28H21BrClN3O. The molecule has 0 radical (unpaired) electrons. The van der Waals surface area contributed by atoms with E-state index in [0.717, 1.165) is 49.2 Å². The summed E-state index contributed by atoms with van der Waals surface area (Å²) in [5.74, 6) is 0.845. The second kappa shape index (κ2) is 9.84. The quantitative estimate of drug-likeness (QED) is 0.242. The van der Waals surface area contributed by atoms with Gasteiger partial charge in [0.25, 0.3) is 0 Å². The lowest BCUT2D eigenvalue weighted by atomic mass is 9.95. The second-order valence-electron chi connectivity index (χ2n) is 7.82. The Morgan fingerprint density at radius 3 is 2.47 bits per heavy atom. The number of fused-ring (bicyclic) bond motifs is 1. The van der Waals surface area contributed by atoms with Crippen molar-refractivity contribution in [3.63, 3.8) is 0 Å². The van der Waals surface area contributed by atoms with Crippen molar-refractivity contribution in [1.82, 2.24) is 10.2 Å². The van der Waals surface area contributed by atoms with Crippen LogP contribution in [0.5, 0.6) is 5.75 Å². The van der Waals surface area contributed by atoms with E-state index < -0.39 is 0 Å². The molecule has 0 fully saturated rings. The lowest BCUT2D eigenvalue weighted by molar-refractivity contribution is 0.410. The molecule has 4 aromatic carbocycles. The summed E-state index contributed by atoms with van der Waals surface area (Å²) in [6.07, 6.45) is 0. The molecule has 4 nitrogen and oxygen atoms in total. The van der Waals surface area contributed by atoms with E-state index >= 15 is 0 Å². The number of halogens is 2. The highest BCUT2D eigenvalue weighted by Gasteiger charge is 2.16. The molecule has 0 spiro atoms. The lowest BCUT2D eigenvalue weighted by Gasteiger charge is -2.15. The Hall–Kier alpha value is -3.41. The first-order valence-electron chi connectivity index (χ1n) is 10.8. The SMILES string of the molecule is COc1ccc(Br)cc1CNc1cccc(-c2c(-c3ccccc3)nnc3c(Cl)cccc23)c1. The summed E-state index contributed by atoms with van der Waals surface area (Å²) in [7, 11) is 1.69. The molecule has 0 saturated carbocycles. The number of aromatic nitrogens is 2. The summed E-state index contributed by atoms with van der Waals surface area (Å²) >= 11 is 10.0. The predicted molar refractivity (Wildman–Crippen MR) is 143 cm³/mol. The molecule has 1 heterocycles. The minimum atomic E-state index is 0.585. The molecule has 5 rings (SSSR count). The van der Waals surface area contributed by atoms with Gasteiger partial charge in [-0.25, -0.2) is 0 Å². The third kappa shape index (κ3) is 4.49. The molecule has 6 heteroatoms. The lowest BCUT2D eigenvalue weighted by Crippen LogP contribution is -2.02. The van der Waals surface area contributed by atoms with Crippen molar-refractivity contribution in [2.75, 3.05) is 12.4 Å². The van der Waals surface area contributed by atoms with Crippen LogP contribution < -0.4 is 10.1 Å². The molecular weight excluding hydrogens is 510 g/mol. The van der Waals surface area contributed by atoms with Gasteiger partial charge in [0.05, 0.1) is 12.1 Å². The van der Waals surface area contributed by atoms with Crippen molar-refractivity contribution in [3.8, 4) is 28.1 Å². The zero-order valence-corrected chi connectivity index (χ0v) is 20.8. The predicted octanol–water partition coefficient (Wildman–Crippen LogP) is 8.00. The van der Waals surface area contributed by atoms with Crippen LogP contribution in [-0.2, 0) is 6.54 Å². The Bertz CT molecular complexity index is 1470. The zero-order valence-electron chi connectivity index (χ0n) is 18.4. The van der Waals surface area contributed by atoms with Crippen LogP contribution in [0, 0.1) is 0 Å². The highest BCUT2D eigenvalue weighted by molar-refractivity contribution is 9.10. The van der Waals surface area contributed by atoms with Gasteiger partial charge in [-0.15, -0.1) is 10.2 Å². The summed E-state index contributed by atoms with van der Waals surface area (Å²) in [6.45, 7) is 0.624. The summed E-state index contributed by atoms with van der Waals surface area (Å²) in [6, 6.07) is 30.3. The van der Waals surface area contributed by atoms with Crippen molar-refractivity contribution >= 4 is 44.1 Å². The maximum Gasteiger partial charge on any atom is 0.123 e. The number of benzene rings is 4. The fourth-order valence-electron chi connectivity index (χ4n) is 4.05. The number of nitrogens with zero attached hydrogens (tertiary/aromatic N) is 2. The van der Waals surface area contributed by atoms with Crippen molar-refractivity contribution in [2.24, 2.45) is 0 Å². The Morgan fingerprint density at radius 2 is 1.65 bits per heavy atom. The van der Waals surface area contributed by atoms with Gasteiger partial charge in [0.1, 0.15) is 17.0 Å². The average Bonchev–Trinajstić information content (AvgIpc) is 2.88. The van der Waals surface area contributed by atoms with E-state index in [-0.39, 0.29) is 0 Å². The van der Waals surface area contributed by atoms with Gasteiger partial charge >= 0.3 is 0 Å². The van der Waals surface area contributed by atoms with E-state index in [1.807, 2.05) is 66.7 Å². The molecule has 1 N–H and O–H groups in total. The maximum absolute atomic E-state index is 6.47. The minimum Gasteiger partial charge on any atom is -0.496 e. The van der Waals surface area contributed by atoms with Crippen LogP contribution in [0.4, 0.5) is 5.69 Å². The first-order chi connectivity index (χ1) is 16.6. The third-order valence-corrected chi connectivity index (χ3v) is 6.47. The summed E-state index contributed by atoms with van der Waals surface area (Å²) in [5, 5.41) is 14.1. The molecule has 0 saturated heterocycles. The van der Waals surface area contributed by atoms with Gasteiger partial charge < -0.3 is 10.1 Å². The highest BCUT2D eigenvalue weighted by atomic mass is 79.9. The van der Waals surface area contributed by atoms with Gasteiger partial charge in [0, 0.05) is 38.8 Å². The number of methoxy groups -OCH3 is 1. The van der Waals surface area contributed by atoms with Crippen LogP contribution in [0.15, 0.2) is 95.5 Å². The average molecular weight is 531 g/mol. The van der Waals surface area contributed by atoms with Gasteiger partial charge in [-0.3, -0.25) is 0 Å². The Labute approximate surface area is 211 Å². The summed E-state index contributed by atoms with van der Waals surface area (Å²) in [4.78, 5) is 0. The Morgan fingerprint density at radius 1 is 0.853 bits per heavy atom. The fraction of sp³-hybridized carbons (Fsp3) is 0.0714. The van der Waals surface area contributed by atoms with Crippen LogP contribution >= 0.6 is 27.5 Å². The molecule has 0 bridgehead atoms. The van der Waals surface area contributed by atoms with Crippen LogP contribution in [0.2, 0.25) is 5.02 Å². The molecule has 0 aliphatic carbocycles. The van der Waals surface area contributed by atoms with Crippen molar-refractivity contribution < 1.29 is 4.74 Å². The monoisotopic (exact) mass is 529 g/mol. The van der Waals surface area contributed by atoms with Gasteiger partial charge in [-0.05, 0) is 42.0 Å². The van der Waals surface area contributed by atoms with Crippen LogP contribution in [0.1, 0.15) is 5.56 Å². The largest absolute Gasteiger partial charge is 0.496 e. The standard InChI is InChI=1S/C28H21BrClN3O/c1-34-25-14-13-21(29)15-20(25)17-31-22-10-5-9-19(16-22)26-23-11-6-12-24(30)28(23)33-32-27(26)18-7-3-2-4-8-18/h2-16,31H,17H2,1H3. The van der Waals surface area contributed by atoms with Gasteiger partial charge in [0.2, 0.25) is 0 Å².